The number of aliphatic hydroxyl groups is 2. The fourth-order valence-corrected chi connectivity index (χ4v) is 9.94. The number of hydrogen-bond donors (Lipinski definition) is 2. The van der Waals surface area contributed by atoms with Crippen molar-refractivity contribution in [2.24, 2.45) is 52.3 Å². The number of aliphatic hydroxyl groups excluding tert-OH is 1. The standard InChI is InChI=1S/C29H49ClO2/c1-7-20(18(2)3)9-8-19(4)23-10-11-24-22-16-26(30)29(32)17-21(31)12-15-28(29,6)25(22)13-14-27(23,24)5/h8-9,18-26,31-32H,7,10-17H2,1-6H3/b9-8+/t19-,20+,21+,22+,23-,24+,25+,26-,27-,28-,29+/m1/s1. The minimum absolute atomic E-state index is 0.155. The fraction of sp³-hybridized carbons (Fsp3) is 0.931. The van der Waals surface area contributed by atoms with Crippen LogP contribution in [0.5, 0.6) is 0 Å². The van der Waals surface area contributed by atoms with Gasteiger partial charge in [-0.25, -0.2) is 0 Å². The van der Waals surface area contributed by atoms with Gasteiger partial charge in [-0.1, -0.05) is 53.7 Å². The van der Waals surface area contributed by atoms with Crippen LogP contribution in [0.15, 0.2) is 12.2 Å². The molecule has 0 unspecified atom stereocenters. The lowest BCUT2D eigenvalue weighted by atomic mass is 9.43. The molecule has 4 aliphatic rings. The van der Waals surface area contributed by atoms with Gasteiger partial charge in [-0.2, -0.15) is 0 Å². The lowest BCUT2D eigenvalue weighted by Crippen LogP contribution is -2.67. The van der Waals surface area contributed by atoms with Gasteiger partial charge in [0.25, 0.3) is 0 Å². The lowest BCUT2D eigenvalue weighted by Gasteiger charge is -2.65. The van der Waals surface area contributed by atoms with Crippen molar-refractivity contribution < 1.29 is 10.2 Å². The Bertz CT molecular complexity index is 705. The molecule has 2 N–H and O–H groups in total. The Labute approximate surface area is 202 Å². The van der Waals surface area contributed by atoms with E-state index in [2.05, 4.69) is 53.7 Å². The van der Waals surface area contributed by atoms with Crippen LogP contribution in [-0.4, -0.2) is 27.3 Å². The molecule has 3 heteroatoms. The van der Waals surface area contributed by atoms with Crippen molar-refractivity contribution >= 4 is 11.6 Å². The largest absolute Gasteiger partial charge is 0.393 e. The average molecular weight is 465 g/mol. The van der Waals surface area contributed by atoms with E-state index in [0.717, 1.165) is 31.1 Å². The van der Waals surface area contributed by atoms with Crippen LogP contribution in [0.25, 0.3) is 0 Å². The number of halogens is 1. The summed E-state index contributed by atoms with van der Waals surface area (Å²) in [5.41, 5.74) is -0.680. The minimum Gasteiger partial charge on any atom is -0.393 e. The second-order valence-corrected chi connectivity index (χ2v) is 13.6. The van der Waals surface area contributed by atoms with Crippen LogP contribution in [0.4, 0.5) is 0 Å². The predicted octanol–water partition coefficient (Wildman–Crippen LogP) is 7.21. The van der Waals surface area contributed by atoms with E-state index in [4.69, 9.17) is 11.6 Å². The molecule has 0 spiro atoms. The van der Waals surface area contributed by atoms with Gasteiger partial charge in [-0.3, -0.25) is 0 Å². The van der Waals surface area contributed by atoms with Crippen LogP contribution in [0.3, 0.4) is 0 Å². The van der Waals surface area contributed by atoms with Crippen molar-refractivity contribution in [2.45, 2.75) is 116 Å². The number of allylic oxidation sites excluding steroid dienone is 2. The van der Waals surface area contributed by atoms with Crippen molar-refractivity contribution in [3.63, 3.8) is 0 Å². The molecule has 0 amide bonds. The van der Waals surface area contributed by atoms with E-state index in [1.54, 1.807) is 0 Å². The van der Waals surface area contributed by atoms with Crippen LogP contribution in [0, 0.1) is 52.3 Å². The summed E-state index contributed by atoms with van der Waals surface area (Å²) in [7, 11) is 0. The Kier molecular flexibility index (Phi) is 6.94. The lowest BCUT2D eigenvalue weighted by molar-refractivity contribution is -0.217. The van der Waals surface area contributed by atoms with Gasteiger partial charge in [0.1, 0.15) is 0 Å². The van der Waals surface area contributed by atoms with Gasteiger partial charge in [0.2, 0.25) is 0 Å². The zero-order valence-electron chi connectivity index (χ0n) is 21.5. The van der Waals surface area contributed by atoms with Crippen LogP contribution < -0.4 is 0 Å². The maximum Gasteiger partial charge on any atom is 0.0891 e. The fourth-order valence-electron chi connectivity index (χ4n) is 9.40. The molecule has 32 heavy (non-hydrogen) atoms. The van der Waals surface area contributed by atoms with Crippen molar-refractivity contribution in [3.8, 4) is 0 Å². The number of fused-ring (bicyclic) bond motifs is 5. The summed E-state index contributed by atoms with van der Waals surface area (Å²) in [4.78, 5) is 0. The van der Waals surface area contributed by atoms with Crippen molar-refractivity contribution in [2.75, 3.05) is 0 Å². The maximum atomic E-state index is 11.8. The molecule has 4 aliphatic carbocycles. The Hall–Kier alpha value is -0.0500. The van der Waals surface area contributed by atoms with Crippen molar-refractivity contribution in [1.29, 1.82) is 0 Å². The summed E-state index contributed by atoms with van der Waals surface area (Å²) in [5, 5.41) is 21.9. The van der Waals surface area contributed by atoms with Gasteiger partial charge in [-0.05, 0) is 98.2 Å². The van der Waals surface area contributed by atoms with Gasteiger partial charge < -0.3 is 10.2 Å². The summed E-state index contributed by atoms with van der Waals surface area (Å²) >= 11 is 7.00. The van der Waals surface area contributed by atoms with Crippen LogP contribution in [0.2, 0.25) is 0 Å². The van der Waals surface area contributed by atoms with Crippen LogP contribution in [-0.2, 0) is 0 Å². The van der Waals surface area contributed by atoms with Crippen LogP contribution >= 0.6 is 11.6 Å². The molecule has 0 heterocycles. The number of rotatable bonds is 5. The molecule has 0 aromatic carbocycles. The third kappa shape index (κ3) is 3.74. The molecule has 0 aromatic rings. The molecule has 0 bridgehead atoms. The molecule has 184 valence electrons. The van der Waals surface area contributed by atoms with E-state index >= 15 is 0 Å². The van der Waals surface area contributed by atoms with E-state index in [-0.39, 0.29) is 10.8 Å². The minimum atomic E-state index is -0.915. The Morgan fingerprint density at radius 1 is 1.00 bits per heavy atom. The van der Waals surface area contributed by atoms with Crippen molar-refractivity contribution in [3.05, 3.63) is 12.2 Å². The molecule has 0 aromatic heterocycles. The maximum absolute atomic E-state index is 11.8. The molecule has 2 nitrogen and oxygen atoms in total. The second-order valence-electron chi connectivity index (χ2n) is 13.1. The zero-order chi connectivity index (χ0) is 23.5. The third-order valence-corrected chi connectivity index (χ3v) is 12.0. The van der Waals surface area contributed by atoms with Crippen LogP contribution in [0.1, 0.15) is 99.3 Å². The molecular weight excluding hydrogens is 416 g/mol. The molecular formula is C29H49ClO2. The summed E-state index contributed by atoms with van der Waals surface area (Å²) in [6.45, 7) is 14.4. The van der Waals surface area contributed by atoms with E-state index in [1.165, 1.54) is 32.1 Å². The van der Waals surface area contributed by atoms with E-state index < -0.39 is 11.7 Å². The highest BCUT2D eigenvalue weighted by molar-refractivity contribution is 6.21. The highest BCUT2D eigenvalue weighted by atomic mass is 35.5. The van der Waals surface area contributed by atoms with Gasteiger partial charge in [0.05, 0.1) is 17.1 Å². The first-order valence-electron chi connectivity index (χ1n) is 13.7. The first-order valence-corrected chi connectivity index (χ1v) is 14.1. The zero-order valence-corrected chi connectivity index (χ0v) is 22.2. The van der Waals surface area contributed by atoms with Gasteiger partial charge >= 0.3 is 0 Å². The van der Waals surface area contributed by atoms with Gasteiger partial charge in [-0.15, -0.1) is 11.6 Å². The van der Waals surface area contributed by atoms with Crippen molar-refractivity contribution in [1.82, 2.24) is 0 Å². The highest BCUT2D eigenvalue weighted by Crippen LogP contribution is 2.69. The Morgan fingerprint density at radius 3 is 2.38 bits per heavy atom. The number of hydrogen-bond acceptors (Lipinski definition) is 2. The molecule has 4 rings (SSSR count). The monoisotopic (exact) mass is 464 g/mol. The second kappa shape index (κ2) is 8.87. The van der Waals surface area contributed by atoms with E-state index in [1.807, 2.05) is 0 Å². The highest BCUT2D eigenvalue weighted by Gasteiger charge is 2.67. The molecule has 4 fully saturated rings. The molecule has 0 aliphatic heterocycles. The first kappa shape index (κ1) is 25.1. The molecule has 11 atom stereocenters. The van der Waals surface area contributed by atoms with E-state index in [9.17, 15) is 10.2 Å². The Morgan fingerprint density at radius 2 is 1.72 bits per heavy atom. The summed E-state index contributed by atoms with van der Waals surface area (Å²) in [6.07, 6.45) is 14.1. The molecule has 0 radical (unpaired) electrons. The SMILES string of the molecule is CC[C@@H](/C=C/[C@@H](C)[C@H]1CC[C@H]2[C@@H]3C[C@@H](Cl)[C@@]4(O)C[C@@H](O)CC[C@]4(C)[C@H]3CC[C@]12C)C(C)C. The Balaban J connectivity index is 1.56. The summed E-state index contributed by atoms with van der Waals surface area (Å²) in [6, 6.07) is 0. The average Bonchev–Trinajstić information content (AvgIpc) is 3.08. The first-order chi connectivity index (χ1) is 15.0. The normalized spacial score (nSPS) is 50.7. The molecule has 0 saturated heterocycles. The smallest absolute Gasteiger partial charge is 0.0891 e. The molecule has 4 saturated carbocycles. The summed E-state index contributed by atoms with van der Waals surface area (Å²) < 4.78 is 0. The quantitative estimate of drug-likeness (QED) is 0.333. The number of alkyl halides is 1. The topological polar surface area (TPSA) is 40.5 Å². The third-order valence-electron chi connectivity index (χ3n) is 11.5. The predicted molar refractivity (Wildman–Crippen MR) is 135 cm³/mol. The van der Waals surface area contributed by atoms with Gasteiger partial charge in [0.15, 0.2) is 0 Å². The van der Waals surface area contributed by atoms with E-state index in [0.29, 0.717) is 41.4 Å². The summed E-state index contributed by atoms with van der Waals surface area (Å²) in [5.74, 6) is 4.67. The van der Waals surface area contributed by atoms with Gasteiger partial charge in [0, 0.05) is 11.8 Å².